The molecule has 0 saturated heterocycles. The third kappa shape index (κ3) is 3.27. The van der Waals surface area contributed by atoms with Crippen molar-refractivity contribution in [3.63, 3.8) is 0 Å². The molecule has 0 spiro atoms. The van der Waals surface area contributed by atoms with Crippen LogP contribution in [0.4, 0.5) is 0 Å². The zero-order chi connectivity index (χ0) is 18.7. The van der Waals surface area contributed by atoms with Crippen molar-refractivity contribution in [2.75, 3.05) is 13.7 Å². The summed E-state index contributed by atoms with van der Waals surface area (Å²) in [4.78, 5) is 24.8. The van der Waals surface area contributed by atoms with Gasteiger partial charge >= 0.3 is 5.97 Å². The molecule has 8 heteroatoms. The summed E-state index contributed by atoms with van der Waals surface area (Å²) in [6.07, 6.45) is 0. The van der Waals surface area contributed by atoms with E-state index in [9.17, 15) is 30.0 Å². The molecule has 0 radical (unpaired) electrons. The number of benzene rings is 2. The Hall–Kier alpha value is -3.42. The van der Waals surface area contributed by atoms with Crippen LogP contribution in [0.3, 0.4) is 0 Å². The number of carbonyl (C=O) groups is 2. The van der Waals surface area contributed by atoms with E-state index in [0.717, 1.165) is 6.07 Å². The minimum atomic E-state index is -0.958. The van der Waals surface area contributed by atoms with Crippen molar-refractivity contribution < 1.29 is 39.5 Å². The molecule has 0 aromatic heterocycles. The van der Waals surface area contributed by atoms with E-state index in [2.05, 4.69) is 0 Å². The van der Waals surface area contributed by atoms with Gasteiger partial charge in [-0.2, -0.15) is 0 Å². The number of phenols is 4. The van der Waals surface area contributed by atoms with Gasteiger partial charge < -0.3 is 29.9 Å². The highest BCUT2D eigenvalue weighted by Gasteiger charge is 2.28. The maximum Gasteiger partial charge on any atom is 0.339 e. The Bertz CT molecular complexity index is 841. The van der Waals surface area contributed by atoms with E-state index < -0.39 is 40.1 Å². The fraction of sp³-hybridized carbons (Fsp3) is 0.176. The quantitative estimate of drug-likeness (QED) is 0.366. The summed E-state index contributed by atoms with van der Waals surface area (Å²) in [6, 6.07) is 4.49. The van der Waals surface area contributed by atoms with Gasteiger partial charge in [0.05, 0.1) is 24.8 Å². The first-order chi connectivity index (χ1) is 11.8. The first-order valence-electron chi connectivity index (χ1n) is 7.18. The van der Waals surface area contributed by atoms with Crippen LogP contribution in [0.2, 0.25) is 0 Å². The summed E-state index contributed by atoms with van der Waals surface area (Å²) in [7, 11) is 1.29. The van der Waals surface area contributed by atoms with E-state index in [4.69, 9.17) is 9.47 Å². The highest BCUT2D eigenvalue weighted by atomic mass is 16.5. The number of hydrogen-bond acceptors (Lipinski definition) is 8. The fourth-order valence-electron chi connectivity index (χ4n) is 2.21. The minimum absolute atomic E-state index is 0.00188. The Kier molecular flexibility index (Phi) is 5.02. The van der Waals surface area contributed by atoms with E-state index in [0.29, 0.717) is 0 Å². The van der Waals surface area contributed by atoms with E-state index >= 15 is 0 Å². The number of aromatic hydroxyl groups is 4. The maximum atomic E-state index is 12.7. The molecular weight excluding hydrogens is 332 g/mol. The first-order valence-corrected chi connectivity index (χ1v) is 7.18. The number of esters is 1. The fourth-order valence-corrected chi connectivity index (χ4v) is 2.21. The molecule has 0 unspecified atom stereocenters. The molecule has 25 heavy (non-hydrogen) atoms. The SMILES string of the molecule is CCOC(=O)c1cc(O)c(O)c(O)c1C(=O)c1ccc(O)c(OC)c1. The summed E-state index contributed by atoms with van der Waals surface area (Å²) in [6.45, 7) is 1.55. The molecular formula is C17H16O8. The van der Waals surface area contributed by atoms with Crippen molar-refractivity contribution in [2.45, 2.75) is 6.92 Å². The molecule has 0 bridgehead atoms. The van der Waals surface area contributed by atoms with E-state index in [1.54, 1.807) is 6.92 Å². The third-order valence-electron chi connectivity index (χ3n) is 3.42. The van der Waals surface area contributed by atoms with Crippen LogP contribution in [0.15, 0.2) is 24.3 Å². The van der Waals surface area contributed by atoms with Crippen molar-refractivity contribution in [3.05, 3.63) is 41.0 Å². The van der Waals surface area contributed by atoms with Gasteiger partial charge in [-0.25, -0.2) is 4.79 Å². The molecule has 2 aromatic carbocycles. The molecule has 0 aliphatic heterocycles. The van der Waals surface area contributed by atoms with Crippen molar-refractivity contribution in [3.8, 4) is 28.7 Å². The maximum absolute atomic E-state index is 12.7. The van der Waals surface area contributed by atoms with Gasteiger partial charge in [0.1, 0.15) is 0 Å². The van der Waals surface area contributed by atoms with Gasteiger partial charge in [-0.1, -0.05) is 0 Å². The number of ether oxygens (including phenoxy) is 2. The zero-order valence-corrected chi connectivity index (χ0v) is 13.4. The second-order valence-electron chi connectivity index (χ2n) is 4.95. The molecule has 8 nitrogen and oxygen atoms in total. The Balaban J connectivity index is 2.66. The Morgan fingerprint density at radius 2 is 1.68 bits per heavy atom. The molecule has 0 amide bonds. The van der Waals surface area contributed by atoms with Gasteiger partial charge in [-0.15, -0.1) is 0 Å². The molecule has 0 heterocycles. The Morgan fingerprint density at radius 3 is 2.28 bits per heavy atom. The van der Waals surface area contributed by atoms with Crippen LogP contribution in [0.5, 0.6) is 28.7 Å². The molecule has 0 fully saturated rings. The highest BCUT2D eigenvalue weighted by Crippen LogP contribution is 2.41. The molecule has 2 rings (SSSR count). The summed E-state index contributed by atoms with van der Waals surface area (Å²) < 4.78 is 9.72. The Labute approximate surface area is 142 Å². The second-order valence-corrected chi connectivity index (χ2v) is 4.95. The second kappa shape index (κ2) is 7.00. The molecule has 0 atom stereocenters. The van der Waals surface area contributed by atoms with Crippen LogP contribution in [-0.4, -0.2) is 45.9 Å². The largest absolute Gasteiger partial charge is 0.504 e. The molecule has 0 aliphatic rings. The molecule has 132 valence electrons. The van der Waals surface area contributed by atoms with Crippen LogP contribution in [0, 0.1) is 0 Å². The molecule has 0 saturated carbocycles. The standard InChI is InChI=1S/C17H16O8/c1-3-25-17(23)9-7-11(19)15(21)16(22)13(9)14(20)8-4-5-10(18)12(6-8)24-2/h4-7,18-19,21-22H,3H2,1-2H3. The van der Waals surface area contributed by atoms with Crippen LogP contribution in [0.1, 0.15) is 33.2 Å². The van der Waals surface area contributed by atoms with E-state index in [1.165, 1.54) is 25.3 Å². The zero-order valence-electron chi connectivity index (χ0n) is 13.4. The van der Waals surface area contributed by atoms with Gasteiger partial charge in [0.15, 0.2) is 28.8 Å². The summed E-state index contributed by atoms with van der Waals surface area (Å²) in [5.41, 5.74) is -0.978. The van der Waals surface area contributed by atoms with E-state index in [-0.39, 0.29) is 23.7 Å². The van der Waals surface area contributed by atoms with Gasteiger partial charge in [-0.3, -0.25) is 4.79 Å². The minimum Gasteiger partial charge on any atom is -0.504 e. The average molecular weight is 348 g/mol. The normalized spacial score (nSPS) is 10.3. The topological polar surface area (TPSA) is 134 Å². The molecule has 2 aromatic rings. The number of rotatable bonds is 5. The lowest BCUT2D eigenvalue weighted by Gasteiger charge is -2.13. The highest BCUT2D eigenvalue weighted by molar-refractivity contribution is 6.17. The lowest BCUT2D eigenvalue weighted by atomic mass is 9.96. The predicted octanol–water partition coefficient (Wildman–Crippen LogP) is 1.93. The average Bonchev–Trinajstić information content (AvgIpc) is 2.59. The van der Waals surface area contributed by atoms with Crippen molar-refractivity contribution in [2.24, 2.45) is 0 Å². The lowest BCUT2D eigenvalue weighted by molar-refractivity contribution is 0.0522. The first kappa shape index (κ1) is 17.9. The van der Waals surface area contributed by atoms with Gasteiger partial charge in [0, 0.05) is 5.56 Å². The summed E-state index contributed by atoms with van der Waals surface area (Å²) >= 11 is 0. The Morgan fingerprint density at radius 1 is 1.00 bits per heavy atom. The van der Waals surface area contributed by atoms with Gasteiger partial charge in [0.25, 0.3) is 0 Å². The number of phenolic OH excluding ortho intramolecular Hbond substituents is 4. The van der Waals surface area contributed by atoms with Gasteiger partial charge in [-0.05, 0) is 31.2 Å². The van der Waals surface area contributed by atoms with Crippen LogP contribution in [-0.2, 0) is 4.74 Å². The van der Waals surface area contributed by atoms with Crippen LogP contribution >= 0.6 is 0 Å². The smallest absolute Gasteiger partial charge is 0.339 e. The van der Waals surface area contributed by atoms with Crippen LogP contribution in [0.25, 0.3) is 0 Å². The summed E-state index contributed by atoms with van der Waals surface area (Å²) in [5, 5.41) is 39.0. The third-order valence-corrected chi connectivity index (χ3v) is 3.42. The monoisotopic (exact) mass is 348 g/mol. The number of methoxy groups -OCH3 is 1. The van der Waals surface area contributed by atoms with E-state index in [1.807, 2.05) is 0 Å². The molecule has 4 N–H and O–H groups in total. The van der Waals surface area contributed by atoms with Crippen molar-refractivity contribution >= 4 is 11.8 Å². The molecule has 0 aliphatic carbocycles. The predicted molar refractivity (Wildman–Crippen MR) is 85.5 cm³/mol. The van der Waals surface area contributed by atoms with Crippen molar-refractivity contribution in [1.29, 1.82) is 0 Å². The lowest BCUT2D eigenvalue weighted by Crippen LogP contribution is -2.13. The number of carbonyl (C=O) groups excluding carboxylic acids is 2. The van der Waals surface area contributed by atoms with Gasteiger partial charge in [0.2, 0.25) is 5.75 Å². The summed E-state index contributed by atoms with van der Waals surface area (Å²) in [5.74, 6) is -4.67. The van der Waals surface area contributed by atoms with Crippen LogP contribution < -0.4 is 4.74 Å². The number of ketones is 1. The van der Waals surface area contributed by atoms with Crippen molar-refractivity contribution in [1.82, 2.24) is 0 Å². The number of hydrogen-bond donors (Lipinski definition) is 4.